The lowest BCUT2D eigenvalue weighted by Gasteiger charge is -2.11. The van der Waals surface area contributed by atoms with E-state index in [9.17, 15) is 19.2 Å². The van der Waals surface area contributed by atoms with E-state index in [4.69, 9.17) is 9.47 Å². The van der Waals surface area contributed by atoms with Crippen LogP contribution in [0.15, 0.2) is 18.2 Å². The number of urea groups is 1. The fraction of sp³-hybridized carbons (Fsp3) is 0.375. The Balaban J connectivity index is 2.47. The average molecular weight is 352 g/mol. The summed E-state index contributed by atoms with van der Waals surface area (Å²) in [5.41, 5.74) is 0.439. The molecule has 1 aromatic rings. The molecule has 0 heterocycles. The molecule has 0 aliphatic carbocycles. The predicted molar refractivity (Wildman–Crippen MR) is 86.7 cm³/mol. The number of esters is 1. The lowest BCUT2D eigenvalue weighted by Crippen LogP contribution is -2.41. The zero-order valence-electron chi connectivity index (χ0n) is 14.2. The number of rotatable bonds is 8. The van der Waals surface area contributed by atoms with Crippen LogP contribution in [0, 0.1) is 0 Å². The fourth-order valence-electron chi connectivity index (χ4n) is 1.70. The third-order valence-corrected chi connectivity index (χ3v) is 2.87. The molecule has 0 spiro atoms. The van der Waals surface area contributed by atoms with Crippen LogP contribution in [0.5, 0.6) is 11.5 Å². The van der Waals surface area contributed by atoms with Crippen molar-refractivity contribution in [2.45, 2.75) is 13.8 Å². The fourth-order valence-corrected chi connectivity index (χ4v) is 1.70. The number of methoxy groups -OCH3 is 1. The van der Waals surface area contributed by atoms with Crippen LogP contribution >= 0.6 is 0 Å². The molecular formula is C16H20N2O7. The number of hydrogen-bond donors (Lipinski definition) is 2. The number of nitrogens with one attached hydrogen (secondary N) is 2. The molecule has 0 aliphatic rings. The maximum atomic E-state index is 11.6. The predicted octanol–water partition coefficient (Wildman–Crippen LogP) is 0.665. The minimum atomic E-state index is -0.802. The van der Waals surface area contributed by atoms with Crippen molar-refractivity contribution in [2.75, 3.05) is 26.9 Å². The maximum absolute atomic E-state index is 11.6. The van der Waals surface area contributed by atoms with Gasteiger partial charge in [-0.15, -0.1) is 0 Å². The molecule has 0 aliphatic heterocycles. The summed E-state index contributed by atoms with van der Waals surface area (Å²) < 4.78 is 15.0. The van der Waals surface area contributed by atoms with Gasteiger partial charge in [0.15, 0.2) is 30.5 Å². The summed E-state index contributed by atoms with van der Waals surface area (Å²) in [4.78, 5) is 45.4. The molecular weight excluding hydrogens is 332 g/mol. The summed E-state index contributed by atoms with van der Waals surface area (Å²) in [6, 6.07) is 3.84. The quantitative estimate of drug-likeness (QED) is 0.521. The Bertz CT molecular complexity index is 658. The second-order valence-corrected chi connectivity index (χ2v) is 4.78. The number of ether oxygens (including phenoxy) is 3. The van der Waals surface area contributed by atoms with Crippen molar-refractivity contribution < 1.29 is 33.4 Å². The number of hydrogen-bond acceptors (Lipinski definition) is 7. The molecule has 9 heteroatoms. The Hall–Kier alpha value is -3.10. The number of imide groups is 1. The van der Waals surface area contributed by atoms with E-state index in [0.717, 1.165) is 0 Å². The summed E-state index contributed by atoms with van der Waals surface area (Å²) in [7, 11) is 1.40. The second kappa shape index (κ2) is 9.91. The van der Waals surface area contributed by atoms with Crippen LogP contribution in [0.3, 0.4) is 0 Å². The van der Waals surface area contributed by atoms with Crippen LogP contribution in [0.25, 0.3) is 0 Å². The minimum Gasteiger partial charge on any atom is -0.493 e. The van der Waals surface area contributed by atoms with E-state index in [-0.39, 0.29) is 17.3 Å². The molecule has 0 radical (unpaired) electrons. The van der Waals surface area contributed by atoms with Crippen LogP contribution in [0.2, 0.25) is 0 Å². The molecule has 136 valence electrons. The van der Waals surface area contributed by atoms with Gasteiger partial charge in [0.1, 0.15) is 0 Å². The highest BCUT2D eigenvalue weighted by Crippen LogP contribution is 2.28. The Morgan fingerprint density at radius 3 is 2.40 bits per heavy atom. The van der Waals surface area contributed by atoms with Gasteiger partial charge in [-0.05, 0) is 32.0 Å². The zero-order chi connectivity index (χ0) is 18.8. The standard InChI is InChI=1S/C16H20N2O7/c1-4-17-16(22)18-14(20)8-25-15(21)9-24-12-6-5-11(10(2)19)7-13(12)23-3/h5-7H,4,8-9H2,1-3H3,(H2,17,18,20,22). The first kappa shape index (κ1) is 19.9. The van der Waals surface area contributed by atoms with Crippen LogP contribution in [-0.4, -0.2) is 50.6 Å². The van der Waals surface area contributed by atoms with Crippen molar-refractivity contribution in [3.63, 3.8) is 0 Å². The van der Waals surface area contributed by atoms with Gasteiger partial charge in [-0.2, -0.15) is 0 Å². The molecule has 0 atom stereocenters. The summed E-state index contributed by atoms with van der Waals surface area (Å²) in [6.07, 6.45) is 0. The van der Waals surface area contributed by atoms with E-state index in [1.807, 2.05) is 5.32 Å². The molecule has 0 bridgehead atoms. The minimum absolute atomic E-state index is 0.137. The van der Waals surface area contributed by atoms with Crippen molar-refractivity contribution in [1.29, 1.82) is 0 Å². The SMILES string of the molecule is CCNC(=O)NC(=O)COC(=O)COc1ccc(C(C)=O)cc1OC. The van der Waals surface area contributed by atoms with Gasteiger partial charge in [0.25, 0.3) is 5.91 Å². The molecule has 3 amide bonds. The topological polar surface area (TPSA) is 120 Å². The Morgan fingerprint density at radius 1 is 1.08 bits per heavy atom. The third kappa shape index (κ3) is 6.90. The normalized spacial score (nSPS) is 9.72. The highest BCUT2D eigenvalue weighted by atomic mass is 16.6. The van der Waals surface area contributed by atoms with Crippen molar-refractivity contribution in [2.24, 2.45) is 0 Å². The van der Waals surface area contributed by atoms with Gasteiger partial charge in [0, 0.05) is 12.1 Å². The van der Waals surface area contributed by atoms with E-state index in [1.54, 1.807) is 6.92 Å². The number of benzene rings is 1. The molecule has 0 saturated heterocycles. The van der Waals surface area contributed by atoms with Gasteiger partial charge in [0.05, 0.1) is 7.11 Å². The Labute approximate surface area is 144 Å². The van der Waals surface area contributed by atoms with Gasteiger partial charge in [-0.1, -0.05) is 0 Å². The summed E-state index contributed by atoms with van der Waals surface area (Å²) in [5.74, 6) is -1.17. The van der Waals surface area contributed by atoms with E-state index >= 15 is 0 Å². The lowest BCUT2D eigenvalue weighted by atomic mass is 10.1. The van der Waals surface area contributed by atoms with Gasteiger partial charge in [-0.25, -0.2) is 9.59 Å². The van der Waals surface area contributed by atoms with Crippen LogP contribution < -0.4 is 20.1 Å². The molecule has 0 saturated carbocycles. The van der Waals surface area contributed by atoms with Gasteiger partial charge < -0.3 is 19.5 Å². The summed E-state index contributed by atoms with van der Waals surface area (Å²) in [5, 5.41) is 4.35. The van der Waals surface area contributed by atoms with Crippen molar-refractivity contribution in [1.82, 2.24) is 10.6 Å². The number of carbonyl (C=O) groups is 4. The van der Waals surface area contributed by atoms with Crippen molar-refractivity contribution in [3.8, 4) is 11.5 Å². The number of Topliss-reactive ketones (excluding diaryl/α,β-unsaturated/α-hetero) is 1. The maximum Gasteiger partial charge on any atom is 0.344 e. The first-order valence-corrected chi connectivity index (χ1v) is 7.42. The third-order valence-electron chi connectivity index (χ3n) is 2.87. The van der Waals surface area contributed by atoms with Crippen LogP contribution in [0.4, 0.5) is 4.79 Å². The molecule has 2 N–H and O–H groups in total. The van der Waals surface area contributed by atoms with Crippen LogP contribution in [0.1, 0.15) is 24.2 Å². The molecule has 1 aromatic carbocycles. The first-order chi connectivity index (χ1) is 11.9. The molecule has 0 unspecified atom stereocenters. The van der Waals surface area contributed by atoms with Gasteiger partial charge >= 0.3 is 12.0 Å². The van der Waals surface area contributed by atoms with E-state index in [1.165, 1.54) is 32.2 Å². The van der Waals surface area contributed by atoms with Gasteiger partial charge in [-0.3, -0.25) is 14.9 Å². The summed E-state index contributed by atoms with van der Waals surface area (Å²) >= 11 is 0. The first-order valence-electron chi connectivity index (χ1n) is 7.42. The van der Waals surface area contributed by atoms with Crippen molar-refractivity contribution in [3.05, 3.63) is 23.8 Å². The lowest BCUT2D eigenvalue weighted by molar-refractivity contribution is -0.150. The number of ketones is 1. The van der Waals surface area contributed by atoms with E-state index in [2.05, 4.69) is 10.1 Å². The highest BCUT2D eigenvalue weighted by Gasteiger charge is 2.13. The molecule has 25 heavy (non-hydrogen) atoms. The smallest absolute Gasteiger partial charge is 0.344 e. The Kier molecular flexibility index (Phi) is 7.91. The van der Waals surface area contributed by atoms with Crippen LogP contribution in [-0.2, 0) is 14.3 Å². The van der Waals surface area contributed by atoms with E-state index in [0.29, 0.717) is 12.1 Å². The molecule has 1 rings (SSSR count). The zero-order valence-corrected chi connectivity index (χ0v) is 14.2. The number of carbonyl (C=O) groups excluding carboxylic acids is 4. The Morgan fingerprint density at radius 2 is 1.80 bits per heavy atom. The molecule has 0 fully saturated rings. The molecule has 0 aromatic heterocycles. The highest BCUT2D eigenvalue weighted by molar-refractivity contribution is 5.95. The average Bonchev–Trinajstić information content (AvgIpc) is 2.57. The largest absolute Gasteiger partial charge is 0.493 e. The number of amides is 3. The molecule has 9 nitrogen and oxygen atoms in total. The second-order valence-electron chi connectivity index (χ2n) is 4.78. The van der Waals surface area contributed by atoms with E-state index < -0.39 is 31.1 Å². The van der Waals surface area contributed by atoms with Gasteiger partial charge in [0.2, 0.25) is 0 Å². The summed E-state index contributed by atoms with van der Waals surface area (Å²) in [6.45, 7) is 2.39. The monoisotopic (exact) mass is 352 g/mol. The van der Waals surface area contributed by atoms with Crippen molar-refractivity contribution >= 4 is 23.7 Å².